The van der Waals surface area contributed by atoms with Crippen LogP contribution in [0.4, 0.5) is 13.2 Å². The van der Waals surface area contributed by atoms with E-state index < -0.39 is 6.36 Å². The zero-order valence-corrected chi connectivity index (χ0v) is 13.7. The van der Waals surface area contributed by atoms with Crippen LogP contribution in [0.1, 0.15) is 17.7 Å². The lowest BCUT2D eigenvalue weighted by atomic mass is 10.0. The maximum absolute atomic E-state index is 12.3. The Kier molecular flexibility index (Phi) is 4.23. The third kappa shape index (κ3) is 4.00. The number of rotatable bonds is 6. The van der Waals surface area contributed by atoms with Crippen LogP contribution in [-0.4, -0.2) is 29.3 Å². The molecule has 2 aliphatic rings. The third-order valence-electron chi connectivity index (χ3n) is 5.22. The van der Waals surface area contributed by atoms with E-state index in [2.05, 4.69) is 20.7 Å². The first kappa shape index (κ1) is 16.5. The number of hydrogen-bond acceptors (Lipinski definition) is 2. The van der Waals surface area contributed by atoms with Crippen molar-refractivity contribution in [1.29, 1.82) is 0 Å². The second-order valence-corrected chi connectivity index (χ2v) is 6.94. The largest absolute Gasteiger partial charge is 0.573 e. The van der Waals surface area contributed by atoms with Crippen LogP contribution < -0.4 is 4.74 Å². The highest BCUT2D eigenvalue weighted by Gasteiger charge is 2.54. The number of nitrogens with zero attached hydrogens (tertiary/aromatic N) is 1. The normalized spacial score (nSPS) is 25.8. The summed E-state index contributed by atoms with van der Waals surface area (Å²) in [6.45, 7) is 3.19. The number of piperidine rings is 1. The molecule has 133 valence electrons. The summed E-state index contributed by atoms with van der Waals surface area (Å²) in [5.41, 5.74) is 2.03. The maximum Gasteiger partial charge on any atom is 0.573 e. The summed E-state index contributed by atoms with van der Waals surface area (Å²) in [4.78, 5) is 5.70. The van der Waals surface area contributed by atoms with Crippen molar-refractivity contribution in [1.82, 2.24) is 9.88 Å². The fourth-order valence-electron chi connectivity index (χ4n) is 4.03. The summed E-state index contributed by atoms with van der Waals surface area (Å²) in [5, 5.41) is 0. The van der Waals surface area contributed by atoms with Gasteiger partial charge < -0.3 is 9.72 Å². The molecule has 0 spiro atoms. The van der Waals surface area contributed by atoms with E-state index in [1.54, 1.807) is 6.07 Å². The summed E-state index contributed by atoms with van der Waals surface area (Å²) in [6, 6.07) is 10.3. The zero-order chi connectivity index (χ0) is 17.4. The topological polar surface area (TPSA) is 28.3 Å². The molecule has 1 saturated carbocycles. The van der Waals surface area contributed by atoms with Crippen molar-refractivity contribution >= 4 is 0 Å². The number of benzene rings is 1. The van der Waals surface area contributed by atoms with Crippen molar-refractivity contribution < 1.29 is 17.9 Å². The first-order chi connectivity index (χ1) is 12.0. The highest BCUT2D eigenvalue weighted by atomic mass is 19.4. The van der Waals surface area contributed by atoms with Crippen LogP contribution in [0, 0.1) is 24.2 Å². The van der Waals surface area contributed by atoms with Crippen molar-refractivity contribution in [3.63, 3.8) is 0 Å². The quantitative estimate of drug-likeness (QED) is 0.845. The number of hydrogen-bond donors (Lipinski definition) is 1. The van der Waals surface area contributed by atoms with Crippen molar-refractivity contribution in [2.75, 3.05) is 13.1 Å². The second kappa shape index (κ2) is 6.41. The molecule has 3 nitrogen and oxygen atoms in total. The molecule has 2 fully saturated rings. The van der Waals surface area contributed by atoms with Crippen LogP contribution >= 0.6 is 0 Å². The van der Waals surface area contributed by atoms with Gasteiger partial charge in [-0.25, -0.2) is 0 Å². The number of ether oxygens (including phenoxy) is 1. The molecular weight excluding hydrogens is 329 g/mol. The van der Waals surface area contributed by atoms with Gasteiger partial charge in [0.25, 0.3) is 0 Å². The van der Waals surface area contributed by atoms with Gasteiger partial charge in [0.15, 0.2) is 0 Å². The van der Waals surface area contributed by atoms with Gasteiger partial charge in [-0.2, -0.15) is 0 Å². The number of aromatic amines is 1. The average Bonchev–Trinajstić information content (AvgIpc) is 2.94. The average molecular weight is 349 g/mol. The van der Waals surface area contributed by atoms with Gasteiger partial charge in [0, 0.05) is 31.5 Å². The smallest absolute Gasteiger partial charge is 0.406 e. The Hall–Kier alpha value is -1.95. The van der Waals surface area contributed by atoms with E-state index in [0.717, 1.165) is 43.5 Å². The monoisotopic (exact) mass is 349 g/mol. The molecule has 0 amide bonds. The molecular formula is C19H20F3N2O. The standard InChI is InChI=1S/C19H20F3N2O/c20-19(21,22)25-15-5-1-3-13(9-15)6-7-16-17-11-24(12-18(16)17)10-14-4-2-8-23-14/h1-6,8-9,16-18,23H,7,10-12H2. The Morgan fingerprint density at radius 1 is 1.16 bits per heavy atom. The minimum Gasteiger partial charge on any atom is -0.406 e. The zero-order valence-electron chi connectivity index (χ0n) is 13.7. The molecule has 2 atom stereocenters. The van der Waals surface area contributed by atoms with Gasteiger partial charge in [-0.1, -0.05) is 12.1 Å². The summed E-state index contributed by atoms with van der Waals surface area (Å²) >= 11 is 0. The lowest BCUT2D eigenvalue weighted by Gasteiger charge is -2.18. The molecule has 2 aromatic rings. The molecule has 2 heterocycles. The van der Waals surface area contributed by atoms with Crippen LogP contribution in [0.25, 0.3) is 0 Å². The van der Waals surface area contributed by atoms with Gasteiger partial charge in [-0.15, -0.1) is 13.2 Å². The fourth-order valence-corrected chi connectivity index (χ4v) is 4.03. The van der Waals surface area contributed by atoms with Gasteiger partial charge in [0.1, 0.15) is 5.75 Å². The van der Waals surface area contributed by atoms with Gasteiger partial charge in [-0.05, 0) is 60.4 Å². The Morgan fingerprint density at radius 3 is 2.64 bits per heavy atom. The SMILES string of the molecule is FC(F)(F)Oc1cccc([CH]CC2C3CN(Cc4ccc[nH]4)CC23)c1. The first-order valence-corrected chi connectivity index (χ1v) is 8.51. The Balaban J connectivity index is 1.24. The molecule has 1 N–H and O–H groups in total. The predicted octanol–water partition coefficient (Wildman–Crippen LogP) is 4.23. The highest BCUT2D eigenvalue weighted by molar-refractivity contribution is 5.33. The number of nitrogens with one attached hydrogen (secondary N) is 1. The van der Waals surface area contributed by atoms with Gasteiger partial charge >= 0.3 is 6.36 Å². The summed E-state index contributed by atoms with van der Waals surface area (Å²) in [5.74, 6) is 1.95. The number of fused-ring (bicyclic) bond motifs is 1. The minimum atomic E-state index is -4.64. The molecule has 1 aromatic heterocycles. The van der Waals surface area contributed by atoms with E-state index in [9.17, 15) is 13.2 Å². The van der Waals surface area contributed by atoms with Crippen LogP contribution in [0.15, 0.2) is 42.6 Å². The van der Waals surface area contributed by atoms with E-state index in [1.165, 1.54) is 17.8 Å². The van der Waals surface area contributed by atoms with Gasteiger partial charge in [0.2, 0.25) is 0 Å². The Labute approximate surface area is 144 Å². The van der Waals surface area contributed by atoms with Crippen LogP contribution in [-0.2, 0) is 6.54 Å². The Morgan fingerprint density at radius 2 is 1.96 bits per heavy atom. The van der Waals surface area contributed by atoms with E-state index in [1.807, 2.05) is 24.8 Å². The number of H-pyrrole nitrogens is 1. The molecule has 2 unspecified atom stereocenters. The first-order valence-electron chi connectivity index (χ1n) is 8.51. The summed E-state index contributed by atoms with van der Waals surface area (Å²) in [7, 11) is 0. The highest BCUT2D eigenvalue weighted by Crippen LogP contribution is 2.54. The molecule has 6 heteroatoms. The van der Waals surface area contributed by atoms with Crippen molar-refractivity contribution in [3.05, 3.63) is 60.3 Å². The lowest BCUT2D eigenvalue weighted by molar-refractivity contribution is -0.274. The van der Waals surface area contributed by atoms with Crippen LogP contribution in [0.2, 0.25) is 0 Å². The maximum atomic E-state index is 12.3. The van der Waals surface area contributed by atoms with Crippen LogP contribution in [0.3, 0.4) is 0 Å². The van der Waals surface area contributed by atoms with Crippen molar-refractivity contribution in [2.45, 2.75) is 19.3 Å². The van der Waals surface area contributed by atoms with E-state index in [0.29, 0.717) is 5.92 Å². The number of halogens is 3. The molecule has 1 aliphatic heterocycles. The Bertz CT molecular complexity index is 702. The predicted molar refractivity (Wildman–Crippen MR) is 87.7 cm³/mol. The lowest BCUT2D eigenvalue weighted by Crippen LogP contribution is -2.24. The fraction of sp³-hybridized carbons (Fsp3) is 0.421. The van der Waals surface area contributed by atoms with Crippen molar-refractivity contribution in [3.8, 4) is 5.75 Å². The van der Waals surface area contributed by atoms with Crippen molar-refractivity contribution in [2.24, 2.45) is 17.8 Å². The molecule has 1 saturated heterocycles. The van der Waals surface area contributed by atoms with Gasteiger partial charge in [-0.3, -0.25) is 4.90 Å². The summed E-state index contributed by atoms with van der Waals surface area (Å²) in [6.07, 6.45) is 0.248. The number of alkyl halides is 3. The second-order valence-electron chi connectivity index (χ2n) is 6.94. The minimum absolute atomic E-state index is 0.158. The molecule has 4 rings (SSSR count). The number of likely N-dealkylation sites (tertiary alicyclic amines) is 1. The molecule has 1 aliphatic carbocycles. The van der Waals surface area contributed by atoms with Gasteiger partial charge in [0.05, 0.1) is 0 Å². The van der Waals surface area contributed by atoms with E-state index in [-0.39, 0.29) is 5.75 Å². The molecule has 0 bridgehead atoms. The molecule has 25 heavy (non-hydrogen) atoms. The van der Waals surface area contributed by atoms with Crippen LogP contribution in [0.5, 0.6) is 5.75 Å². The van der Waals surface area contributed by atoms with E-state index >= 15 is 0 Å². The summed E-state index contributed by atoms with van der Waals surface area (Å²) < 4.78 is 40.8. The number of aromatic nitrogens is 1. The van der Waals surface area contributed by atoms with E-state index in [4.69, 9.17) is 0 Å². The third-order valence-corrected chi connectivity index (χ3v) is 5.22. The molecule has 1 aromatic carbocycles. The molecule has 1 radical (unpaired) electrons.